The summed E-state index contributed by atoms with van der Waals surface area (Å²) in [6, 6.07) is 13.1. The Bertz CT molecular complexity index is 967. The predicted molar refractivity (Wildman–Crippen MR) is 99.8 cm³/mol. The van der Waals surface area contributed by atoms with Crippen LogP contribution in [0.3, 0.4) is 0 Å². The number of carbonyl (C=O) groups excluding carboxylic acids is 2. The smallest absolute Gasteiger partial charge is 0.258 e. The molecule has 0 bridgehead atoms. The first-order chi connectivity index (χ1) is 13.1. The maximum atomic E-state index is 12.8. The lowest BCUT2D eigenvalue weighted by atomic mass is 10.2. The highest BCUT2D eigenvalue weighted by Gasteiger charge is 2.31. The number of benzene rings is 1. The van der Waals surface area contributed by atoms with Crippen LogP contribution in [-0.4, -0.2) is 43.5 Å². The first-order valence-corrected chi connectivity index (χ1v) is 9.45. The van der Waals surface area contributed by atoms with E-state index in [-0.39, 0.29) is 18.5 Å². The molecule has 1 aliphatic heterocycles. The van der Waals surface area contributed by atoms with E-state index in [9.17, 15) is 9.59 Å². The summed E-state index contributed by atoms with van der Waals surface area (Å²) in [6.45, 7) is 0.706. The number of thiophene rings is 1. The fourth-order valence-electron chi connectivity index (χ4n) is 3.25. The van der Waals surface area contributed by atoms with Gasteiger partial charge in [0.1, 0.15) is 6.54 Å². The third kappa shape index (κ3) is 3.59. The van der Waals surface area contributed by atoms with Crippen molar-refractivity contribution in [3.05, 3.63) is 52.2 Å². The SMILES string of the molecule is NC(=O)c1ccc([C@@H]2CCCN2C(=O)Cn2nnc(-c3ccccc3)n2)s1. The summed E-state index contributed by atoms with van der Waals surface area (Å²) in [6.07, 6.45) is 1.78. The van der Waals surface area contributed by atoms with Crippen molar-refractivity contribution >= 4 is 23.2 Å². The number of tetrazole rings is 1. The van der Waals surface area contributed by atoms with Crippen molar-refractivity contribution in [2.24, 2.45) is 5.73 Å². The van der Waals surface area contributed by atoms with E-state index in [1.54, 1.807) is 6.07 Å². The molecule has 1 aliphatic rings. The second kappa shape index (κ2) is 7.28. The van der Waals surface area contributed by atoms with Gasteiger partial charge in [-0.3, -0.25) is 9.59 Å². The van der Waals surface area contributed by atoms with E-state index in [0.717, 1.165) is 23.3 Å². The number of rotatable bonds is 5. The molecular formula is C18H18N6O2S. The first kappa shape index (κ1) is 17.3. The van der Waals surface area contributed by atoms with Gasteiger partial charge in [0, 0.05) is 17.0 Å². The molecule has 138 valence electrons. The number of hydrogen-bond acceptors (Lipinski definition) is 6. The van der Waals surface area contributed by atoms with Crippen LogP contribution in [0.25, 0.3) is 11.4 Å². The fourth-order valence-corrected chi connectivity index (χ4v) is 4.26. The van der Waals surface area contributed by atoms with Gasteiger partial charge in [-0.25, -0.2) is 0 Å². The second-order valence-electron chi connectivity index (χ2n) is 6.32. The summed E-state index contributed by atoms with van der Waals surface area (Å²) in [5, 5.41) is 12.3. The Morgan fingerprint density at radius 2 is 2.00 bits per heavy atom. The molecule has 0 saturated carbocycles. The molecule has 9 heteroatoms. The molecule has 8 nitrogen and oxygen atoms in total. The van der Waals surface area contributed by atoms with Gasteiger partial charge in [-0.15, -0.1) is 21.5 Å². The third-order valence-electron chi connectivity index (χ3n) is 4.53. The molecule has 3 heterocycles. The molecule has 2 amide bonds. The predicted octanol–water partition coefficient (Wildman–Crippen LogP) is 1.86. The minimum absolute atomic E-state index is 0.0321. The van der Waals surface area contributed by atoms with Crippen molar-refractivity contribution in [1.29, 1.82) is 0 Å². The maximum absolute atomic E-state index is 12.8. The lowest BCUT2D eigenvalue weighted by Gasteiger charge is -2.23. The van der Waals surface area contributed by atoms with Crippen LogP contribution < -0.4 is 5.73 Å². The molecule has 1 saturated heterocycles. The summed E-state index contributed by atoms with van der Waals surface area (Å²) in [5.41, 5.74) is 6.19. The van der Waals surface area contributed by atoms with Crippen molar-refractivity contribution in [2.75, 3.05) is 6.54 Å². The molecule has 0 radical (unpaired) electrons. The van der Waals surface area contributed by atoms with E-state index in [1.165, 1.54) is 16.1 Å². The average Bonchev–Trinajstić information content (AvgIpc) is 3.41. The van der Waals surface area contributed by atoms with Crippen molar-refractivity contribution < 1.29 is 9.59 Å². The van der Waals surface area contributed by atoms with Gasteiger partial charge in [0.05, 0.1) is 10.9 Å². The highest BCUT2D eigenvalue weighted by molar-refractivity contribution is 7.14. The lowest BCUT2D eigenvalue weighted by molar-refractivity contribution is -0.133. The Labute approximate surface area is 159 Å². The van der Waals surface area contributed by atoms with Crippen LogP contribution in [0.15, 0.2) is 42.5 Å². The zero-order chi connectivity index (χ0) is 18.8. The minimum Gasteiger partial charge on any atom is -0.365 e. The van der Waals surface area contributed by atoms with Gasteiger partial charge in [-0.05, 0) is 30.2 Å². The van der Waals surface area contributed by atoms with Gasteiger partial charge in [0.25, 0.3) is 5.91 Å². The van der Waals surface area contributed by atoms with Crippen LogP contribution in [0.1, 0.15) is 33.4 Å². The molecule has 1 fully saturated rings. The number of carbonyl (C=O) groups is 2. The molecule has 0 spiro atoms. The average molecular weight is 382 g/mol. The fraction of sp³-hybridized carbons (Fsp3) is 0.278. The van der Waals surface area contributed by atoms with Gasteiger partial charge in [-0.1, -0.05) is 30.3 Å². The number of primary amides is 1. The molecule has 1 atom stereocenters. The van der Waals surface area contributed by atoms with Crippen LogP contribution in [0.5, 0.6) is 0 Å². The summed E-state index contributed by atoms with van der Waals surface area (Å²) in [4.78, 5) is 28.8. The van der Waals surface area contributed by atoms with Crippen LogP contribution in [-0.2, 0) is 11.3 Å². The molecule has 1 aromatic carbocycles. The standard InChI is InChI=1S/C18H18N6O2S/c19-17(26)15-9-8-14(27-15)13-7-4-10-23(13)16(25)11-24-21-18(20-22-24)12-5-2-1-3-6-12/h1-3,5-6,8-9,13H,4,7,10-11H2,(H2,19,26)/t13-/m0/s1. The molecule has 0 unspecified atom stereocenters. The summed E-state index contributed by atoms with van der Waals surface area (Å²) in [5.74, 6) is -0.0170. The third-order valence-corrected chi connectivity index (χ3v) is 5.73. The molecule has 3 aromatic rings. The number of likely N-dealkylation sites (tertiary alicyclic amines) is 1. The van der Waals surface area contributed by atoms with Crippen LogP contribution >= 0.6 is 11.3 Å². The molecule has 27 heavy (non-hydrogen) atoms. The number of nitrogens with zero attached hydrogens (tertiary/aromatic N) is 5. The Hall–Kier alpha value is -3.07. The Morgan fingerprint density at radius 1 is 1.19 bits per heavy atom. The number of aromatic nitrogens is 4. The van der Waals surface area contributed by atoms with E-state index in [0.29, 0.717) is 17.2 Å². The lowest BCUT2D eigenvalue weighted by Crippen LogP contribution is -2.33. The minimum atomic E-state index is -0.442. The van der Waals surface area contributed by atoms with Crippen molar-refractivity contribution in [3.8, 4) is 11.4 Å². The number of nitrogens with two attached hydrogens (primary N) is 1. The van der Waals surface area contributed by atoms with Crippen LogP contribution in [0, 0.1) is 0 Å². The summed E-state index contributed by atoms with van der Waals surface area (Å²) >= 11 is 1.35. The van der Waals surface area contributed by atoms with E-state index >= 15 is 0 Å². The maximum Gasteiger partial charge on any atom is 0.258 e. The Kier molecular flexibility index (Phi) is 4.68. The van der Waals surface area contributed by atoms with E-state index in [1.807, 2.05) is 41.3 Å². The van der Waals surface area contributed by atoms with Gasteiger partial charge < -0.3 is 10.6 Å². The topological polar surface area (TPSA) is 107 Å². The largest absolute Gasteiger partial charge is 0.365 e. The quantitative estimate of drug-likeness (QED) is 0.725. The van der Waals surface area contributed by atoms with Crippen LogP contribution in [0.4, 0.5) is 0 Å². The zero-order valence-electron chi connectivity index (χ0n) is 14.5. The molecule has 4 rings (SSSR count). The van der Waals surface area contributed by atoms with Gasteiger partial charge in [0.2, 0.25) is 11.7 Å². The second-order valence-corrected chi connectivity index (χ2v) is 7.44. The van der Waals surface area contributed by atoms with Gasteiger partial charge in [0.15, 0.2) is 0 Å². The Balaban J connectivity index is 1.47. The van der Waals surface area contributed by atoms with Gasteiger partial charge in [-0.2, -0.15) is 4.80 Å². The van der Waals surface area contributed by atoms with Crippen molar-refractivity contribution in [3.63, 3.8) is 0 Å². The molecule has 2 aromatic heterocycles. The molecule has 2 N–H and O–H groups in total. The number of hydrogen-bond donors (Lipinski definition) is 1. The first-order valence-electron chi connectivity index (χ1n) is 8.64. The van der Waals surface area contributed by atoms with Crippen molar-refractivity contribution in [2.45, 2.75) is 25.4 Å². The van der Waals surface area contributed by atoms with E-state index < -0.39 is 5.91 Å². The highest BCUT2D eigenvalue weighted by Crippen LogP contribution is 2.36. The van der Waals surface area contributed by atoms with E-state index in [4.69, 9.17) is 5.73 Å². The monoisotopic (exact) mass is 382 g/mol. The van der Waals surface area contributed by atoms with Crippen molar-refractivity contribution in [1.82, 2.24) is 25.1 Å². The number of amides is 2. The zero-order valence-corrected chi connectivity index (χ0v) is 15.3. The highest BCUT2D eigenvalue weighted by atomic mass is 32.1. The normalized spacial score (nSPS) is 16.6. The summed E-state index contributed by atoms with van der Waals surface area (Å²) < 4.78 is 0. The van der Waals surface area contributed by atoms with Gasteiger partial charge >= 0.3 is 0 Å². The molecular weight excluding hydrogens is 364 g/mol. The molecule has 0 aliphatic carbocycles. The van der Waals surface area contributed by atoms with Crippen LogP contribution in [0.2, 0.25) is 0 Å². The van der Waals surface area contributed by atoms with E-state index in [2.05, 4.69) is 15.4 Å². The summed E-state index contributed by atoms with van der Waals surface area (Å²) in [7, 11) is 0. The Morgan fingerprint density at radius 3 is 2.74 bits per heavy atom.